The molecule has 1 fully saturated rings. The maximum Gasteiger partial charge on any atom is 0.200 e. The molecule has 0 amide bonds. The number of ether oxygens (including phenoxy) is 1. The highest BCUT2D eigenvalue weighted by Crippen LogP contribution is 2.29. The molecule has 0 spiro atoms. The summed E-state index contributed by atoms with van der Waals surface area (Å²) in [6, 6.07) is 10.0. The third-order valence-corrected chi connectivity index (χ3v) is 5.78. The van der Waals surface area contributed by atoms with Crippen molar-refractivity contribution in [3.8, 4) is 17.0 Å². The van der Waals surface area contributed by atoms with Crippen molar-refractivity contribution >= 4 is 27.8 Å². The lowest BCUT2D eigenvalue weighted by molar-refractivity contribution is 0.415. The predicted octanol–water partition coefficient (Wildman–Crippen LogP) is 2.58. The minimum atomic E-state index is 0.778. The smallest absolute Gasteiger partial charge is 0.200 e. The van der Waals surface area contributed by atoms with Crippen LogP contribution in [0.3, 0.4) is 0 Å². The van der Waals surface area contributed by atoms with Gasteiger partial charge in [0.1, 0.15) is 12.1 Å². The zero-order valence-corrected chi connectivity index (χ0v) is 16.2. The summed E-state index contributed by atoms with van der Waals surface area (Å²) in [6.45, 7) is 3.64. The lowest BCUT2D eigenvalue weighted by Gasteiger charge is -2.35. The molecule has 1 aliphatic rings. The van der Waals surface area contributed by atoms with Crippen LogP contribution in [-0.2, 0) is 0 Å². The molecule has 0 saturated carbocycles. The molecule has 0 aliphatic carbocycles. The first-order chi connectivity index (χ1) is 13.8. The molecule has 1 aliphatic heterocycles. The average Bonchev–Trinajstić information content (AvgIpc) is 3.45. The van der Waals surface area contributed by atoms with Crippen LogP contribution in [0.1, 0.15) is 0 Å². The van der Waals surface area contributed by atoms with Gasteiger partial charge in [-0.15, -0.1) is 21.5 Å². The summed E-state index contributed by atoms with van der Waals surface area (Å²) in [7, 11) is 1.67. The highest BCUT2D eigenvalue weighted by atomic mass is 32.1. The van der Waals surface area contributed by atoms with Gasteiger partial charge in [-0.25, -0.2) is 4.98 Å². The summed E-state index contributed by atoms with van der Waals surface area (Å²) in [6.07, 6.45) is 3.51. The molecule has 0 unspecified atom stereocenters. The Kier molecular flexibility index (Phi) is 4.28. The van der Waals surface area contributed by atoms with Crippen molar-refractivity contribution in [2.75, 3.05) is 43.1 Å². The van der Waals surface area contributed by atoms with Crippen LogP contribution in [0.15, 0.2) is 48.2 Å². The third kappa shape index (κ3) is 3.03. The van der Waals surface area contributed by atoms with Crippen LogP contribution in [0, 0.1) is 0 Å². The van der Waals surface area contributed by atoms with Gasteiger partial charge in [0, 0.05) is 43.3 Å². The number of methoxy groups -OCH3 is 1. The Morgan fingerprint density at radius 1 is 1.04 bits per heavy atom. The van der Waals surface area contributed by atoms with E-state index in [1.807, 2.05) is 35.8 Å². The van der Waals surface area contributed by atoms with Crippen LogP contribution in [0.2, 0.25) is 0 Å². The number of anilines is 2. The van der Waals surface area contributed by atoms with E-state index in [4.69, 9.17) is 4.74 Å². The van der Waals surface area contributed by atoms with Crippen LogP contribution in [0.4, 0.5) is 10.8 Å². The Labute approximate surface area is 166 Å². The minimum Gasteiger partial charge on any atom is -0.497 e. The van der Waals surface area contributed by atoms with Gasteiger partial charge in [0.25, 0.3) is 0 Å². The Balaban J connectivity index is 1.46. The maximum atomic E-state index is 5.26. The SMILES string of the molecule is COc1ccc(-c2cc(N3CCN(c4nccs4)CC3)c3nncn3n2)cc1. The monoisotopic (exact) mass is 393 g/mol. The fourth-order valence-electron chi connectivity index (χ4n) is 3.46. The highest BCUT2D eigenvalue weighted by molar-refractivity contribution is 7.13. The number of rotatable bonds is 4. The molecule has 1 aromatic carbocycles. The van der Waals surface area contributed by atoms with Gasteiger partial charge in [-0.1, -0.05) is 0 Å². The van der Waals surface area contributed by atoms with E-state index in [2.05, 4.69) is 36.1 Å². The second kappa shape index (κ2) is 7.08. The molecule has 142 valence electrons. The van der Waals surface area contributed by atoms with E-state index in [1.165, 1.54) is 0 Å². The van der Waals surface area contributed by atoms with Crippen molar-refractivity contribution in [3.05, 3.63) is 48.2 Å². The number of benzene rings is 1. The Morgan fingerprint density at radius 2 is 1.82 bits per heavy atom. The topological polar surface area (TPSA) is 71.7 Å². The minimum absolute atomic E-state index is 0.778. The van der Waals surface area contributed by atoms with E-state index in [0.29, 0.717) is 0 Å². The second-order valence-corrected chi connectivity index (χ2v) is 7.40. The molecule has 0 atom stereocenters. The van der Waals surface area contributed by atoms with E-state index < -0.39 is 0 Å². The lowest BCUT2D eigenvalue weighted by atomic mass is 10.1. The molecular weight excluding hydrogens is 374 g/mol. The number of piperazine rings is 1. The van der Waals surface area contributed by atoms with Crippen molar-refractivity contribution in [2.24, 2.45) is 0 Å². The van der Waals surface area contributed by atoms with Crippen molar-refractivity contribution in [3.63, 3.8) is 0 Å². The molecule has 0 N–H and O–H groups in total. The van der Waals surface area contributed by atoms with Gasteiger partial charge in [0.05, 0.1) is 18.5 Å². The van der Waals surface area contributed by atoms with Crippen LogP contribution >= 0.6 is 11.3 Å². The van der Waals surface area contributed by atoms with Crippen LogP contribution in [-0.4, -0.2) is 58.1 Å². The molecule has 9 heteroatoms. The Bertz CT molecular complexity index is 1070. The van der Waals surface area contributed by atoms with E-state index in [0.717, 1.165) is 59.7 Å². The van der Waals surface area contributed by atoms with Gasteiger partial charge in [-0.3, -0.25) is 0 Å². The zero-order valence-electron chi connectivity index (χ0n) is 15.4. The summed E-state index contributed by atoms with van der Waals surface area (Å²) in [5, 5.41) is 16.1. The average molecular weight is 393 g/mol. The molecule has 1 saturated heterocycles. The molecule has 4 aromatic rings. The fourth-order valence-corrected chi connectivity index (χ4v) is 4.15. The largest absolute Gasteiger partial charge is 0.497 e. The first-order valence-electron chi connectivity index (χ1n) is 9.07. The predicted molar refractivity (Wildman–Crippen MR) is 109 cm³/mol. The van der Waals surface area contributed by atoms with Gasteiger partial charge >= 0.3 is 0 Å². The van der Waals surface area contributed by atoms with E-state index >= 15 is 0 Å². The third-order valence-electron chi connectivity index (χ3n) is 4.94. The van der Waals surface area contributed by atoms with Crippen LogP contribution in [0.25, 0.3) is 16.9 Å². The quantitative estimate of drug-likeness (QED) is 0.528. The van der Waals surface area contributed by atoms with E-state index in [1.54, 1.807) is 29.3 Å². The fraction of sp³-hybridized carbons (Fsp3) is 0.263. The standard InChI is InChI=1S/C19H19N7OS/c1-27-15-4-2-14(3-5-15)16-12-17(18-22-21-13-26(18)23-16)24-7-9-25(10-8-24)19-20-6-11-28-19/h2-6,11-13H,7-10H2,1H3. The number of aromatic nitrogens is 5. The number of nitrogens with zero attached hydrogens (tertiary/aromatic N) is 7. The van der Waals surface area contributed by atoms with Crippen LogP contribution < -0.4 is 14.5 Å². The first-order valence-corrected chi connectivity index (χ1v) is 9.95. The van der Waals surface area contributed by atoms with Crippen LogP contribution in [0.5, 0.6) is 5.75 Å². The Morgan fingerprint density at radius 3 is 2.54 bits per heavy atom. The van der Waals surface area contributed by atoms with Gasteiger partial charge in [-0.05, 0) is 30.3 Å². The first kappa shape index (κ1) is 16.9. The van der Waals surface area contributed by atoms with Crippen molar-refractivity contribution in [1.29, 1.82) is 0 Å². The summed E-state index contributed by atoms with van der Waals surface area (Å²) >= 11 is 1.68. The van der Waals surface area contributed by atoms with Gasteiger partial charge < -0.3 is 14.5 Å². The molecule has 8 nitrogen and oxygen atoms in total. The normalized spacial score (nSPS) is 14.6. The van der Waals surface area contributed by atoms with Crippen molar-refractivity contribution in [2.45, 2.75) is 0 Å². The number of fused-ring (bicyclic) bond motifs is 1. The second-order valence-electron chi connectivity index (χ2n) is 6.53. The molecule has 3 aromatic heterocycles. The van der Waals surface area contributed by atoms with Gasteiger partial charge in [0.15, 0.2) is 5.13 Å². The number of hydrogen-bond acceptors (Lipinski definition) is 8. The molecule has 28 heavy (non-hydrogen) atoms. The summed E-state index contributed by atoms with van der Waals surface area (Å²) < 4.78 is 7.01. The van der Waals surface area contributed by atoms with Crippen molar-refractivity contribution < 1.29 is 4.74 Å². The highest BCUT2D eigenvalue weighted by Gasteiger charge is 2.22. The summed E-state index contributed by atoms with van der Waals surface area (Å²) in [5.74, 6) is 0.827. The molecular formula is C19H19N7OS. The molecule has 5 rings (SSSR count). The molecule has 0 radical (unpaired) electrons. The maximum absolute atomic E-state index is 5.26. The van der Waals surface area contributed by atoms with E-state index in [9.17, 15) is 0 Å². The molecule has 4 heterocycles. The molecule has 0 bridgehead atoms. The summed E-state index contributed by atoms with van der Waals surface area (Å²) in [4.78, 5) is 9.10. The number of thiazole rings is 1. The van der Waals surface area contributed by atoms with Gasteiger partial charge in [0.2, 0.25) is 5.65 Å². The summed E-state index contributed by atoms with van der Waals surface area (Å²) in [5.41, 5.74) is 3.74. The van der Waals surface area contributed by atoms with E-state index in [-0.39, 0.29) is 0 Å². The Hall–Kier alpha value is -3.20. The van der Waals surface area contributed by atoms with Crippen molar-refractivity contribution in [1.82, 2.24) is 24.8 Å². The number of hydrogen-bond donors (Lipinski definition) is 0. The zero-order chi connectivity index (χ0) is 18.9. The lowest BCUT2D eigenvalue weighted by Crippen LogP contribution is -2.46. The van der Waals surface area contributed by atoms with Gasteiger partial charge in [-0.2, -0.15) is 9.61 Å².